The van der Waals surface area contributed by atoms with Crippen molar-refractivity contribution in [1.29, 1.82) is 0 Å². The van der Waals surface area contributed by atoms with E-state index in [4.69, 9.17) is 0 Å². The largest absolute Gasteiger partial charge is 0.318 e. The van der Waals surface area contributed by atoms with Crippen molar-refractivity contribution in [2.75, 3.05) is 11.9 Å². The second-order valence-electron chi connectivity index (χ2n) is 1.98. The summed E-state index contributed by atoms with van der Waals surface area (Å²) in [5.41, 5.74) is 0.859. The normalized spacial score (nSPS) is 8.90. The zero-order chi connectivity index (χ0) is 7.40. The lowest BCUT2D eigenvalue weighted by Crippen LogP contribution is -2.12. The summed E-state index contributed by atoms with van der Waals surface area (Å²) in [4.78, 5) is 11.7. The van der Waals surface area contributed by atoms with Gasteiger partial charge in [0.2, 0.25) is 6.41 Å². The van der Waals surface area contributed by atoms with Crippen LogP contribution in [-0.4, -0.2) is 13.5 Å². The molecule has 1 rings (SSSR count). The number of nitrogens with zero attached hydrogens (tertiary/aromatic N) is 1. The van der Waals surface area contributed by atoms with Crippen LogP contribution in [0.2, 0.25) is 0 Å². The highest BCUT2D eigenvalue weighted by molar-refractivity contribution is 5.73. The molecule has 0 aliphatic rings. The predicted octanol–water partition coefficient (Wildman–Crippen LogP) is 1.08. The second kappa shape index (κ2) is 3.01. The molecule has 0 aromatic heterocycles. The molecule has 0 heterocycles. The van der Waals surface area contributed by atoms with Gasteiger partial charge >= 0.3 is 0 Å². The Kier molecular flexibility index (Phi) is 2.05. The van der Waals surface area contributed by atoms with Crippen molar-refractivity contribution in [1.82, 2.24) is 0 Å². The van der Waals surface area contributed by atoms with Gasteiger partial charge in [-0.05, 0) is 18.2 Å². The molecule has 0 spiro atoms. The van der Waals surface area contributed by atoms with E-state index in [0.717, 1.165) is 12.1 Å². The van der Waals surface area contributed by atoms with E-state index in [2.05, 4.69) is 6.07 Å². The average Bonchev–Trinajstić information content (AvgIpc) is 2.05. The van der Waals surface area contributed by atoms with Gasteiger partial charge in [0, 0.05) is 12.7 Å². The van der Waals surface area contributed by atoms with Crippen molar-refractivity contribution < 1.29 is 4.79 Å². The highest BCUT2D eigenvalue weighted by Gasteiger charge is 1.93. The molecule has 0 aliphatic heterocycles. The van der Waals surface area contributed by atoms with E-state index >= 15 is 0 Å². The lowest BCUT2D eigenvalue weighted by atomic mass is 10.3. The second-order valence-corrected chi connectivity index (χ2v) is 1.98. The lowest BCUT2D eigenvalue weighted by Gasteiger charge is -2.08. The van der Waals surface area contributed by atoms with Gasteiger partial charge < -0.3 is 4.90 Å². The Morgan fingerprint density at radius 2 is 2.50 bits per heavy atom. The molecule has 1 aromatic carbocycles. The maximum Gasteiger partial charge on any atom is 0.213 e. The first-order valence-electron chi connectivity index (χ1n) is 2.99. The van der Waals surface area contributed by atoms with Crippen LogP contribution in [0.5, 0.6) is 0 Å². The van der Waals surface area contributed by atoms with Crippen LogP contribution in [0.4, 0.5) is 5.69 Å². The molecule has 51 valence electrons. The molecule has 1 aromatic rings. The minimum Gasteiger partial charge on any atom is -0.318 e. The zero-order valence-electron chi connectivity index (χ0n) is 5.74. The molecule has 0 atom stereocenters. The number of benzene rings is 1. The lowest BCUT2D eigenvalue weighted by molar-refractivity contribution is -0.107. The number of carbonyl (C=O) groups excluding carboxylic acids is 1. The van der Waals surface area contributed by atoms with Crippen LogP contribution in [0.1, 0.15) is 0 Å². The smallest absolute Gasteiger partial charge is 0.213 e. The predicted molar refractivity (Wildman–Crippen MR) is 39.7 cm³/mol. The highest BCUT2D eigenvalue weighted by atomic mass is 16.1. The number of hydrogen-bond acceptors (Lipinski definition) is 1. The van der Waals surface area contributed by atoms with E-state index in [0.29, 0.717) is 0 Å². The summed E-state index contributed by atoms with van der Waals surface area (Å²) in [5.74, 6) is 0. The summed E-state index contributed by atoms with van der Waals surface area (Å²) in [5, 5.41) is 0. The number of carbonyl (C=O) groups is 1. The molecule has 0 saturated carbocycles. The van der Waals surface area contributed by atoms with E-state index in [-0.39, 0.29) is 0 Å². The van der Waals surface area contributed by atoms with Crippen molar-refractivity contribution >= 4 is 12.1 Å². The summed E-state index contributed by atoms with van der Waals surface area (Å²) in [6.07, 6.45) is 0.767. The Morgan fingerprint density at radius 1 is 1.70 bits per heavy atom. The zero-order valence-corrected chi connectivity index (χ0v) is 5.74. The molecule has 1 amide bonds. The molecule has 0 bridgehead atoms. The van der Waals surface area contributed by atoms with E-state index in [1.54, 1.807) is 19.2 Å². The number of rotatable bonds is 2. The molecule has 2 heteroatoms. The van der Waals surface area contributed by atoms with Crippen LogP contribution >= 0.6 is 0 Å². The van der Waals surface area contributed by atoms with Gasteiger partial charge in [-0.25, -0.2) is 0 Å². The van der Waals surface area contributed by atoms with Gasteiger partial charge in [0.15, 0.2) is 0 Å². The van der Waals surface area contributed by atoms with E-state index in [1.165, 1.54) is 4.90 Å². The van der Waals surface area contributed by atoms with E-state index in [9.17, 15) is 4.79 Å². The quantitative estimate of drug-likeness (QED) is 0.554. The van der Waals surface area contributed by atoms with Crippen molar-refractivity contribution in [3.8, 4) is 0 Å². The first-order valence-corrected chi connectivity index (χ1v) is 2.99. The molecule has 0 unspecified atom stereocenters. The fraction of sp³-hybridized carbons (Fsp3) is 0.125. The van der Waals surface area contributed by atoms with Crippen molar-refractivity contribution in [3.63, 3.8) is 0 Å². The van der Waals surface area contributed by atoms with Crippen molar-refractivity contribution in [3.05, 3.63) is 30.3 Å². The van der Waals surface area contributed by atoms with E-state index < -0.39 is 0 Å². The SMILES string of the molecule is CN(C=O)c1c[c]ccc1. The van der Waals surface area contributed by atoms with Gasteiger partial charge in [-0.1, -0.05) is 12.1 Å². The minimum absolute atomic E-state index is 0.767. The molecule has 10 heavy (non-hydrogen) atoms. The Labute approximate surface area is 60.1 Å². The van der Waals surface area contributed by atoms with E-state index in [1.807, 2.05) is 12.1 Å². The van der Waals surface area contributed by atoms with Crippen LogP contribution in [0.3, 0.4) is 0 Å². The molecule has 1 radical (unpaired) electrons. The van der Waals surface area contributed by atoms with Crippen molar-refractivity contribution in [2.45, 2.75) is 0 Å². The van der Waals surface area contributed by atoms with Crippen LogP contribution in [0.25, 0.3) is 0 Å². The van der Waals surface area contributed by atoms with Gasteiger partial charge in [-0.2, -0.15) is 0 Å². The monoisotopic (exact) mass is 134 g/mol. The third-order valence-corrected chi connectivity index (χ3v) is 1.26. The van der Waals surface area contributed by atoms with Crippen LogP contribution < -0.4 is 4.90 Å². The summed E-state index contributed by atoms with van der Waals surface area (Å²) in [6.45, 7) is 0. The third kappa shape index (κ3) is 1.35. The number of amides is 1. The Bertz CT molecular complexity index is 208. The third-order valence-electron chi connectivity index (χ3n) is 1.26. The fourth-order valence-electron chi connectivity index (χ4n) is 0.664. The summed E-state index contributed by atoms with van der Waals surface area (Å²) >= 11 is 0. The molecule has 0 aliphatic carbocycles. The maximum absolute atomic E-state index is 10.2. The van der Waals surface area contributed by atoms with Gasteiger partial charge in [-0.15, -0.1) is 0 Å². The van der Waals surface area contributed by atoms with Crippen LogP contribution in [0.15, 0.2) is 24.3 Å². The Balaban J connectivity index is 2.84. The summed E-state index contributed by atoms with van der Waals surface area (Å²) in [6, 6.07) is 10.1. The first-order chi connectivity index (χ1) is 4.84. The molecular formula is C8H8NO. The summed E-state index contributed by atoms with van der Waals surface area (Å²) < 4.78 is 0. The topological polar surface area (TPSA) is 20.3 Å². The number of hydrogen-bond donors (Lipinski definition) is 0. The van der Waals surface area contributed by atoms with Gasteiger partial charge in [0.25, 0.3) is 0 Å². The van der Waals surface area contributed by atoms with Crippen molar-refractivity contribution in [2.24, 2.45) is 0 Å². The maximum atomic E-state index is 10.2. The molecule has 0 saturated heterocycles. The minimum atomic E-state index is 0.767. The van der Waals surface area contributed by atoms with Crippen LogP contribution in [0, 0.1) is 6.07 Å². The molecule has 0 fully saturated rings. The highest BCUT2D eigenvalue weighted by Crippen LogP contribution is 2.07. The van der Waals surface area contributed by atoms with Crippen LogP contribution in [-0.2, 0) is 4.79 Å². The Hall–Kier alpha value is -1.31. The fourth-order valence-corrected chi connectivity index (χ4v) is 0.664. The molecule has 2 nitrogen and oxygen atoms in total. The van der Waals surface area contributed by atoms with Gasteiger partial charge in [0.05, 0.1) is 0 Å². The van der Waals surface area contributed by atoms with Gasteiger partial charge in [-0.3, -0.25) is 4.79 Å². The number of anilines is 1. The standard InChI is InChI=1S/C8H8NO/c1-9(7-10)8-5-3-2-4-6-8/h2-3,5-7H,1H3. The Morgan fingerprint density at radius 3 is 3.00 bits per heavy atom. The average molecular weight is 134 g/mol. The molecular weight excluding hydrogens is 126 g/mol. The molecule has 0 N–H and O–H groups in total. The first kappa shape index (κ1) is 6.81. The summed E-state index contributed by atoms with van der Waals surface area (Å²) in [7, 11) is 1.70. The van der Waals surface area contributed by atoms with Gasteiger partial charge in [0.1, 0.15) is 0 Å².